The molecule has 0 spiro atoms. The summed E-state index contributed by atoms with van der Waals surface area (Å²) in [7, 11) is 0. The third-order valence-electron chi connectivity index (χ3n) is 14.6. The Labute approximate surface area is 357 Å². The Bertz CT molecular complexity index is 2840. The highest BCUT2D eigenvalue weighted by Crippen LogP contribution is 2.47. The Kier molecular flexibility index (Phi) is 9.69. The predicted molar refractivity (Wildman–Crippen MR) is 248 cm³/mol. The Morgan fingerprint density at radius 2 is 1.45 bits per heavy atom. The van der Waals surface area contributed by atoms with Crippen LogP contribution in [0.15, 0.2) is 96.2 Å². The van der Waals surface area contributed by atoms with E-state index in [-0.39, 0.29) is 12.0 Å². The number of furan rings is 1. The Morgan fingerprint density at radius 3 is 2.20 bits per heavy atom. The summed E-state index contributed by atoms with van der Waals surface area (Å²) in [5.41, 5.74) is 22.4. The average Bonchev–Trinajstić information content (AvgIpc) is 3.61. The Balaban J connectivity index is 1.21. The summed E-state index contributed by atoms with van der Waals surface area (Å²) in [6, 6.07) is 28.3. The van der Waals surface area contributed by atoms with E-state index in [1.165, 1.54) is 110 Å². The van der Waals surface area contributed by atoms with Crippen molar-refractivity contribution in [2.75, 3.05) is 0 Å². The third-order valence-corrected chi connectivity index (χ3v) is 14.6. The molecule has 3 aromatic carbocycles. The van der Waals surface area contributed by atoms with E-state index in [9.17, 15) is 0 Å². The van der Waals surface area contributed by atoms with Crippen molar-refractivity contribution in [2.24, 2.45) is 0 Å². The summed E-state index contributed by atoms with van der Waals surface area (Å²) in [5.74, 6) is 1.61. The molecule has 1 saturated carbocycles. The predicted octanol–water partition coefficient (Wildman–Crippen LogP) is 14.2. The molecule has 60 heavy (non-hydrogen) atoms. The molecule has 1 aliphatic carbocycles. The zero-order chi connectivity index (χ0) is 41.6. The van der Waals surface area contributed by atoms with Crippen molar-refractivity contribution < 1.29 is 13.6 Å². The number of aryl methyl sites for hydroxylation is 5. The number of nitrogens with zero attached hydrogens (tertiary/aromatic N) is 3. The van der Waals surface area contributed by atoms with Gasteiger partial charge in [-0.2, -0.15) is 9.13 Å². The van der Waals surface area contributed by atoms with Crippen molar-refractivity contribution in [1.29, 1.82) is 0 Å². The largest absolute Gasteiger partial charge is 0.437 e. The molecule has 10 rings (SSSR count). The van der Waals surface area contributed by atoms with Crippen LogP contribution in [0, 0.1) is 27.7 Å². The third kappa shape index (κ3) is 6.36. The maximum Gasteiger partial charge on any atom is 0.227 e. The van der Waals surface area contributed by atoms with E-state index in [1.807, 2.05) is 0 Å². The molecule has 4 nitrogen and oxygen atoms in total. The van der Waals surface area contributed by atoms with Gasteiger partial charge in [0.05, 0.1) is 17.2 Å². The van der Waals surface area contributed by atoms with Gasteiger partial charge in [-0.3, -0.25) is 0 Å². The van der Waals surface area contributed by atoms with Gasteiger partial charge in [0.25, 0.3) is 0 Å². The number of rotatable bonds is 4. The normalized spacial score (nSPS) is 18.1. The van der Waals surface area contributed by atoms with Gasteiger partial charge in [-0.05, 0) is 123 Å². The van der Waals surface area contributed by atoms with Crippen molar-refractivity contribution >= 4 is 27.8 Å². The van der Waals surface area contributed by atoms with Gasteiger partial charge in [-0.25, -0.2) is 4.98 Å². The van der Waals surface area contributed by atoms with Crippen LogP contribution in [0.25, 0.3) is 61.5 Å². The molecule has 2 atom stereocenters. The van der Waals surface area contributed by atoms with Gasteiger partial charge in [0.2, 0.25) is 17.1 Å². The molecule has 1 fully saturated rings. The number of benzene rings is 3. The van der Waals surface area contributed by atoms with Gasteiger partial charge in [0.15, 0.2) is 29.7 Å². The lowest BCUT2D eigenvalue weighted by atomic mass is 9.76. The van der Waals surface area contributed by atoms with E-state index in [4.69, 9.17) is 16.0 Å². The zero-order valence-electron chi connectivity index (χ0n) is 37.1. The van der Waals surface area contributed by atoms with Crippen LogP contribution in [-0.2, 0) is 6.42 Å². The number of pyridine rings is 3. The zero-order valence-corrected chi connectivity index (χ0v) is 37.1. The summed E-state index contributed by atoms with van der Waals surface area (Å²) < 4.78 is 12.3. The first-order valence-corrected chi connectivity index (χ1v) is 22.8. The highest BCUT2D eigenvalue weighted by atomic mass is 16.3. The number of hydrogen-bond donors (Lipinski definition) is 0. The lowest BCUT2D eigenvalue weighted by Crippen LogP contribution is -2.49. The maximum atomic E-state index is 7.18. The maximum absolute atomic E-state index is 7.18. The quantitative estimate of drug-likeness (QED) is 0.166. The van der Waals surface area contributed by atoms with Crippen LogP contribution in [0.2, 0.25) is 0 Å². The van der Waals surface area contributed by atoms with Gasteiger partial charge in [-0.1, -0.05) is 95.0 Å². The van der Waals surface area contributed by atoms with Crippen molar-refractivity contribution in [3.63, 3.8) is 0 Å². The highest BCUT2D eigenvalue weighted by Gasteiger charge is 2.43. The van der Waals surface area contributed by atoms with Gasteiger partial charge >= 0.3 is 0 Å². The molecule has 2 unspecified atom stereocenters. The lowest BCUT2D eigenvalue weighted by Gasteiger charge is -2.32. The van der Waals surface area contributed by atoms with Crippen LogP contribution in [0.3, 0.4) is 0 Å². The van der Waals surface area contributed by atoms with Crippen molar-refractivity contribution in [1.82, 2.24) is 4.98 Å². The summed E-state index contributed by atoms with van der Waals surface area (Å²) in [6.45, 7) is 23.2. The smallest absolute Gasteiger partial charge is 0.227 e. The fourth-order valence-electron chi connectivity index (χ4n) is 11.3. The Morgan fingerprint density at radius 1 is 0.700 bits per heavy atom. The molecular weight excluding hydrogens is 731 g/mol. The molecule has 4 aromatic heterocycles. The van der Waals surface area contributed by atoms with Crippen molar-refractivity contribution in [3.8, 4) is 33.8 Å². The van der Waals surface area contributed by atoms with Gasteiger partial charge in [-0.15, -0.1) is 0 Å². The molecule has 0 N–H and O–H groups in total. The van der Waals surface area contributed by atoms with Crippen molar-refractivity contribution in [3.05, 3.63) is 142 Å². The average molecular weight is 792 g/mol. The van der Waals surface area contributed by atoms with E-state index < -0.39 is 0 Å². The second-order valence-corrected chi connectivity index (χ2v) is 19.3. The van der Waals surface area contributed by atoms with E-state index in [2.05, 4.69) is 150 Å². The number of allylic oxidation sites excluding steroid dienone is 1. The Hall–Kier alpha value is -5.35. The van der Waals surface area contributed by atoms with Gasteiger partial charge in [0, 0.05) is 58.0 Å². The topological polar surface area (TPSA) is 33.8 Å². The standard InChI is InChI=1S/C56H61N3O/c1-32(2)41-16-13-17-42(33(3)4)54(41)49-24-23-45-44-22-19-40-20-25-50-48(47-26-34(5)18-21-43(47)51-27-35(6)36(7)30-59(50)51)28-38(9)58-31-37(8)46(39-14-11-10-12-15-39)29-52(58)53(40)55(44)60-56(45)57-49/h13,16-19,21-24,26-27,29-33,39,48,50H,9-12,14-15,20,25,28H2,1-8H3/q+2. The molecule has 0 bridgehead atoms. The monoisotopic (exact) mass is 791 g/mol. The number of fused-ring (bicyclic) bond motifs is 13. The van der Waals surface area contributed by atoms with E-state index in [0.29, 0.717) is 23.5 Å². The van der Waals surface area contributed by atoms with Crippen LogP contribution < -0.4 is 9.13 Å². The highest BCUT2D eigenvalue weighted by molar-refractivity contribution is 6.09. The van der Waals surface area contributed by atoms with E-state index >= 15 is 0 Å². The molecule has 4 heteroatoms. The second-order valence-electron chi connectivity index (χ2n) is 19.3. The molecule has 2 aliphatic heterocycles. The van der Waals surface area contributed by atoms with Gasteiger partial charge in [0.1, 0.15) is 0 Å². The summed E-state index contributed by atoms with van der Waals surface area (Å²) >= 11 is 0. The summed E-state index contributed by atoms with van der Waals surface area (Å²) in [5, 5.41) is 2.20. The fourth-order valence-corrected chi connectivity index (χ4v) is 11.3. The summed E-state index contributed by atoms with van der Waals surface area (Å²) in [6.07, 6.45) is 14.1. The van der Waals surface area contributed by atoms with Crippen LogP contribution in [0.4, 0.5) is 0 Å². The molecule has 0 saturated heterocycles. The number of hydrogen-bond acceptors (Lipinski definition) is 2. The SMILES string of the molecule is C=C1CC2c3cc(C)ccc3-c3cc(C)c(C)c[n+]3C2CCc2ccc3c(oc4nc(-c5c(C(C)C)cccc5C(C)C)ccc43)c2-c2cc(C3CCCCC3)c(C)c[n+]21. The lowest BCUT2D eigenvalue weighted by molar-refractivity contribution is -0.719. The molecule has 7 aromatic rings. The number of aromatic nitrogens is 3. The van der Waals surface area contributed by atoms with Gasteiger partial charge < -0.3 is 4.42 Å². The summed E-state index contributed by atoms with van der Waals surface area (Å²) in [4.78, 5) is 5.40. The molecule has 304 valence electrons. The first kappa shape index (κ1) is 38.8. The minimum Gasteiger partial charge on any atom is -0.437 e. The molecular formula is C56H61N3O+2. The minimum absolute atomic E-state index is 0.273. The first-order valence-electron chi connectivity index (χ1n) is 22.8. The van der Waals surface area contributed by atoms with E-state index in [1.54, 1.807) is 0 Å². The molecule has 0 radical (unpaired) electrons. The molecule has 0 amide bonds. The van der Waals surface area contributed by atoms with Crippen molar-refractivity contribution in [2.45, 2.75) is 136 Å². The van der Waals surface area contributed by atoms with Crippen LogP contribution in [0.5, 0.6) is 0 Å². The van der Waals surface area contributed by atoms with E-state index in [0.717, 1.165) is 47.0 Å². The second kappa shape index (κ2) is 15.0. The van der Waals surface area contributed by atoms with Crippen LogP contribution in [0.1, 0.15) is 152 Å². The first-order chi connectivity index (χ1) is 29.0. The minimum atomic E-state index is 0.273. The molecule has 3 aliphatic rings. The van der Waals surface area contributed by atoms with Crippen LogP contribution >= 0.6 is 0 Å². The fraction of sp³-hybridized carbons (Fsp3) is 0.375. The van der Waals surface area contributed by atoms with Crippen LogP contribution in [-0.4, -0.2) is 4.98 Å². The molecule has 6 heterocycles.